The smallest absolute Gasteiger partial charge is 0.227 e. The highest BCUT2D eigenvalue weighted by Gasteiger charge is 2.36. The Morgan fingerprint density at radius 2 is 1.82 bits per heavy atom. The summed E-state index contributed by atoms with van der Waals surface area (Å²) in [5.41, 5.74) is 5.55. The molecule has 0 unspecified atom stereocenters. The van der Waals surface area contributed by atoms with Gasteiger partial charge in [0.25, 0.3) is 0 Å². The largest absolute Gasteiger partial charge is 0.494 e. The third-order valence-corrected chi connectivity index (χ3v) is 8.61. The standard InChI is InChI=1S/C31H36FN5O3/c1-19-30(35(2)18-33-19)20-8-14-26-25(16-20)34-31(37(26)21-9-12-23(39-3)13-10-21)27-6-5-7-29(38)36(27)22-11-15-28(40-4)24(32)17-22/h8,11,14-18,21,23,27H,5-7,9-10,12-13H2,1-4H3/t21?,23?,27-/m0/s1. The molecule has 2 aliphatic rings. The molecule has 0 spiro atoms. The number of rotatable bonds is 6. The fourth-order valence-electron chi connectivity index (χ4n) is 6.63. The van der Waals surface area contributed by atoms with Gasteiger partial charge in [-0.25, -0.2) is 14.4 Å². The van der Waals surface area contributed by atoms with Crippen LogP contribution >= 0.6 is 0 Å². The van der Waals surface area contributed by atoms with E-state index in [2.05, 4.69) is 27.8 Å². The molecule has 2 fully saturated rings. The molecule has 2 aromatic heterocycles. The fourth-order valence-corrected chi connectivity index (χ4v) is 6.63. The number of benzene rings is 2. The number of ether oxygens (including phenoxy) is 2. The van der Waals surface area contributed by atoms with Crippen LogP contribution in [0.2, 0.25) is 0 Å². The number of fused-ring (bicyclic) bond motifs is 1. The SMILES string of the molecule is COc1ccc(N2C(=O)CCC[C@H]2c2nc3cc(-c4c(C)ncn4C)ccc3n2C2CCC(OC)CC2)cc1F. The average Bonchev–Trinajstić information content (AvgIpc) is 3.51. The molecular weight excluding hydrogens is 509 g/mol. The van der Waals surface area contributed by atoms with Gasteiger partial charge in [0.2, 0.25) is 5.91 Å². The molecule has 210 valence electrons. The molecule has 40 heavy (non-hydrogen) atoms. The summed E-state index contributed by atoms with van der Waals surface area (Å²) in [5, 5.41) is 0. The molecule has 1 saturated carbocycles. The van der Waals surface area contributed by atoms with Crippen molar-refractivity contribution in [2.75, 3.05) is 19.1 Å². The third kappa shape index (κ3) is 4.56. The van der Waals surface area contributed by atoms with Crippen LogP contribution in [-0.4, -0.2) is 45.3 Å². The number of aromatic nitrogens is 4. The number of methoxy groups -OCH3 is 2. The lowest BCUT2D eigenvalue weighted by molar-refractivity contribution is -0.120. The summed E-state index contributed by atoms with van der Waals surface area (Å²) in [6, 6.07) is 11.1. The van der Waals surface area contributed by atoms with Crippen LogP contribution in [0.15, 0.2) is 42.7 Å². The van der Waals surface area contributed by atoms with Crippen LogP contribution in [0.1, 0.15) is 68.5 Å². The zero-order chi connectivity index (χ0) is 28.0. The highest BCUT2D eigenvalue weighted by atomic mass is 19.1. The number of aryl methyl sites for hydroxylation is 2. The van der Waals surface area contributed by atoms with E-state index >= 15 is 0 Å². The Kier molecular flexibility index (Phi) is 7.08. The number of carbonyl (C=O) groups is 1. The van der Waals surface area contributed by atoms with Gasteiger partial charge >= 0.3 is 0 Å². The number of anilines is 1. The molecule has 0 radical (unpaired) electrons. The molecular formula is C31H36FN5O3. The second kappa shape index (κ2) is 10.7. The van der Waals surface area contributed by atoms with E-state index < -0.39 is 5.82 Å². The molecule has 8 nitrogen and oxygen atoms in total. The molecule has 1 saturated heterocycles. The van der Waals surface area contributed by atoms with Crippen molar-refractivity contribution in [3.8, 4) is 17.0 Å². The van der Waals surface area contributed by atoms with Crippen LogP contribution in [-0.2, 0) is 16.6 Å². The number of carbonyl (C=O) groups excluding carboxylic acids is 1. The minimum atomic E-state index is -0.486. The lowest BCUT2D eigenvalue weighted by Gasteiger charge is -2.37. The van der Waals surface area contributed by atoms with E-state index in [9.17, 15) is 9.18 Å². The molecule has 1 amide bonds. The van der Waals surface area contributed by atoms with Gasteiger partial charge in [-0.15, -0.1) is 0 Å². The maximum atomic E-state index is 14.8. The Bertz CT molecular complexity index is 1530. The summed E-state index contributed by atoms with van der Waals surface area (Å²) in [6.07, 6.45) is 7.92. The predicted molar refractivity (Wildman–Crippen MR) is 152 cm³/mol. The highest BCUT2D eigenvalue weighted by Crippen LogP contribution is 2.42. The average molecular weight is 546 g/mol. The maximum absolute atomic E-state index is 14.8. The Hall–Kier alpha value is -3.72. The van der Waals surface area contributed by atoms with Crippen LogP contribution in [0, 0.1) is 12.7 Å². The predicted octanol–water partition coefficient (Wildman–Crippen LogP) is 6.28. The number of imidazole rings is 2. The zero-order valence-corrected chi connectivity index (χ0v) is 23.6. The Labute approximate surface area is 233 Å². The molecule has 1 aliphatic heterocycles. The van der Waals surface area contributed by atoms with Gasteiger partial charge in [-0.05, 0) is 69.7 Å². The summed E-state index contributed by atoms with van der Waals surface area (Å²) in [7, 11) is 5.22. The van der Waals surface area contributed by atoms with Crippen LogP contribution in [0.25, 0.3) is 22.3 Å². The number of piperidine rings is 1. The first-order valence-corrected chi connectivity index (χ1v) is 14.1. The first-order chi connectivity index (χ1) is 19.4. The lowest BCUT2D eigenvalue weighted by atomic mass is 9.91. The van der Waals surface area contributed by atoms with E-state index in [1.807, 2.05) is 24.9 Å². The summed E-state index contributed by atoms with van der Waals surface area (Å²) in [5.74, 6) is 0.511. The molecule has 3 heterocycles. The number of amides is 1. The van der Waals surface area contributed by atoms with Crippen LogP contribution in [0.5, 0.6) is 5.75 Å². The van der Waals surface area contributed by atoms with E-state index in [1.165, 1.54) is 13.2 Å². The van der Waals surface area contributed by atoms with Gasteiger partial charge in [0.1, 0.15) is 5.82 Å². The second-order valence-electron chi connectivity index (χ2n) is 11.0. The van der Waals surface area contributed by atoms with E-state index in [4.69, 9.17) is 14.5 Å². The lowest BCUT2D eigenvalue weighted by Crippen LogP contribution is -2.40. The number of hydrogen-bond acceptors (Lipinski definition) is 5. The van der Waals surface area contributed by atoms with Gasteiger partial charge in [0, 0.05) is 43.9 Å². The Morgan fingerprint density at radius 1 is 1.02 bits per heavy atom. The molecule has 6 rings (SSSR count). The minimum absolute atomic E-state index is 0.0197. The second-order valence-corrected chi connectivity index (χ2v) is 11.0. The Morgan fingerprint density at radius 3 is 2.50 bits per heavy atom. The van der Waals surface area contributed by atoms with Gasteiger partial charge in [-0.3, -0.25) is 4.79 Å². The topological polar surface area (TPSA) is 74.4 Å². The summed E-state index contributed by atoms with van der Waals surface area (Å²) < 4.78 is 30.0. The molecule has 4 aromatic rings. The van der Waals surface area contributed by atoms with Crippen molar-refractivity contribution in [2.45, 2.75) is 70.1 Å². The van der Waals surface area contributed by atoms with Gasteiger partial charge in [-0.2, -0.15) is 0 Å². The molecule has 0 N–H and O–H groups in total. The summed E-state index contributed by atoms with van der Waals surface area (Å²) in [4.78, 5) is 24.9. The van der Waals surface area contributed by atoms with Crippen molar-refractivity contribution in [2.24, 2.45) is 7.05 Å². The number of hydrogen-bond donors (Lipinski definition) is 0. The monoisotopic (exact) mass is 545 g/mol. The van der Waals surface area contributed by atoms with Crippen molar-refractivity contribution < 1.29 is 18.7 Å². The molecule has 1 aliphatic carbocycles. The van der Waals surface area contributed by atoms with Gasteiger partial charge in [0.05, 0.1) is 48.0 Å². The van der Waals surface area contributed by atoms with E-state index in [0.717, 1.165) is 72.3 Å². The van der Waals surface area contributed by atoms with Crippen molar-refractivity contribution in [1.82, 2.24) is 19.1 Å². The normalized spacial score (nSPS) is 21.8. The van der Waals surface area contributed by atoms with Crippen molar-refractivity contribution in [3.63, 3.8) is 0 Å². The molecule has 1 atom stereocenters. The van der Waals surface area contributed by atoms with E-state index in [-0.39, 0.29) is 29.8 Å². The van der Waals surface area contributed by atoms with Crippen LogP contribution in [0.4, 0.5) is 10.1 Å². The van der Waals surface area contributed by atoms with Crippen molar-refractivity contribution in [1.29, 1.82) is 0 Å². The van der Waals surface area contributed by atoms with E-state index in [1.54, 1.807) is 24.1 Å². The molecule has 0 bridgehead atoms. The van der Waals surface area contributed by atoms with Crippen LogP contribution < -0.4 is 9.64 Å². The quantitative estimate of drug-likeness (QED) is 0.285. The minimum Gasteiger partial charge on any atom is -0.494 e. The van der Waals surface area contributed by atoms with Gasteiger partial charge < -0.3 is 23.5 Å². The fraction of sp³-hybridized carbons (Fsp3) is 0.452. The summed E-state index contributed by atoms with van der Waals surface area (Å²) >= 11 is 0. The molecule has 9 heteroatoms. The van der Waals surface area contributed by atoms with Gasteiger partial charge in [-0.1, -0.05) is 6.07 Å². The van der Waals surface area contributed by atoms with Crippen molar-refractivity contribution in [3.05, 3.63) is 60.1 Å². The zero-order valence-electron chi connectivity index (χ0n) is 23.6. The van der Waals surface area contributed by atoms with Crippen molar-refractivity contribution >= 4 is 22.6 Å². The maximum Gasteiger partial charge on any atom is 0.227 e. The number of halogens is 1. The molecule has 2 aromatic carbocycles. The summed E-state index contributed by atoms with van der Waals surface area (Å²) in [6.45, 7) is 2.01. The Balaban J connectivity index is 1.49. The van der Waals surface area contributed by atoms with Gasteiger partial charge in [0.15, 0.2) is 11.6 Å². The first kappa shape index (κ1) is 26.5. The number of nitrogens with zero attached hydrogens (tertiary/aromatic N) is 5. The van der Waals surface area contributed by atoms with Crippen LogP contribution in [0.3, 0.4) is 0 Å². The highest BCUT2D eigenvalue weighted by molar-refractivity contribution is 5.95. The first-order valence-electron chi connectivity index (χ1n) is 14.1. The third-order valence-electron chi connectivity index (χ3n) is 8.61. The van der Waals surface area contributed by atoms with E-state index in [0.29, 0.717) is 12.1 Å².